The van der Waals surface area contributed by atoms with Crippen LogP contribution in [0.25, 0.3) is 0 Å². The van der Waals surface area contributed by atoms with E-state index < -0.39 is 5.97 Å². The van der Waals surface area contributed by atoms with Gasteiger partial charge in [-0.15, -0.1) is 12.1 Å². The average molecular weight is 261 g/mol. The number of hydrogen-bond donors (Lipinski definition) is 0. The number of carboxylic acid groups (broad SMARTS) is 1. The molecule has 6 heteroatoms. The number of rotatable bonds is 3. The Kier molecular flexibility index (Phi) is 11.2. The van der Waals surface area contributed by atoms with E-state index in [2.05, 4.69) is 0 Å². The summed E-state index contributed by atoms with van der Waals surface area (Å²) in [6.07, 6.45) is 4.98. The predicted octanol–water partition coefficient (Wildman–Crippen LogP) is -5.00. The molecule has 1 aliphatic carbocycles. The van der Waals surface area contributed by atoms with Crippen molar-refractivity contribution in [1.29, 1.82) is 0 Å². The molecule has 1 aromatic rings. The zero-order valence-electron chi connectivity index (χ0n) is 12.0. The molecular weight excluding hydrogens is 246 g/mol. The molecule has 0 spiro atoms. The van der Waals surface area contributed by atoms with Gasteiger partial charge >= 0.3 is 37.7 Å². The molecule has 1 fully saturated rings. The van der Waals surface area contributed by atoms with E-state index in [1.54, 1.807) is 12.1 Å². The summed E-state index contributed by atoms with van der Waals surface area (Å²) in [7, 11) is 0. The maximum Gasteiger partial charge on any atom is 1.00 e. The standard InChI is InChI=1S/C14H15O3.2Li.H2O/c15-9-10-1-3-11(4-2-10)12-5-7-13(8-6-12)14(16)17;;;/h1-4,12-13H,5-8H2,(H,16,17);;;1H2/q-1;2*+1;/p-2. The van der Waals surface area contributed by atoms with E-state index >= 15 is 0 Å². The average Bonchev–Trinajstić information content (AvgIpc) is 2.39. The van der Waals surface area contributed by atoms with Crippen molar-refractivity contribution in [2.45, 2.75) is 31.6 Å². The molecule has 20 heavy (non-hydrogen) atoms. The summed E-state index contributed by atoms with van der Waals surface area (Å²) >= 11 is 0. The Balaban J connectivity index is 0. The van der Waals surface area contributed by atoms with Crippen LogP contribution in [0.15, 0.2) is 24.3 Å². The number of carbonyl (C=O) groups excluding carboxylic acids is 2. The first-order chi connectivity index (χ1) is 8.20. The van der Waals surface area contributed by atoms with Crippen molar-refractivity contribution in [2.75, 3.05) is 0 Å². The molecule has 0 aromatic heterocycles. The van der Waals surface area contributed by atoms with Crippen LogP contribution in [0.5, 0.6) is 0 Å². The zero-order valence-corrected chi connectivity index (χ0v) is 12.0. The number of hydrogen-bond acceptors (Lipinski definition) is 4. The third-order valence-corrected chi connectivity index (χ3v) is 3.56. The fraction of sp³-hybridized carbons (Fsp3) is 0.429. The van der Waals surface area contributed by atoms with Crippen LogP contribution in [0.2, 0.25) is 0 Å². The molecule has 0 atom stereocenters. The minimum Gasteiger partial charge on any atom is -0.870 e. The third-order valence-electron chi connectivity index (χ3n) is 3.56. The van der Waals surface area contributed by atoms with Crippen molar-refractivity contribution >= 4 is 12.3 Å². The van der Waals surface area contributed by atoms with Crippen LogP contribution < -0.4 is 42.8 Å². The Morgan fingerprint density at radius 3 is 1.95 bits per heavy atom. The second-order valence-electron chi connectivity index (χ2n) is 4.59. The monoisotopic (exact) mass is 261 g/mol. The fourth-order valence-corrected chi connectivity index (χ4v) is 2.49. The van der Waals surface area contributed by atoms with Gasteiger partial charge in [-0.2, -0.15) is 17.7 Å². The van der Waals surface area contributed by atoms with Gasteiger partial charge in [0, 0.05) is 5.97 Å². The summed E-state index contributed by atoms with van der Waals surface area (Å²) in [5.74, 6) is -0.797. The molecule has 0 saturated heterocycles. The van der Waals surface area contributed by atoms with Crippen LogP contribution in [-0.2, 0) is 9.59 Å². The van der Waals surface area contributed by atoms with E-state index in [0.29, 0.717) is 24.3 Å². The predicted molar refractivity (Wildman–Crippen MR) is 62.9 cm³/mol. The molecule has 4 nitrogen and oxygen atoms in total. The molecule has 0 unspecified atom stereocenters. The number of carbonyl (C=O) groups is 1. The van der Waals surface area contributed by atoms with Crippen LogP contribution in [0.4, 0.5) is 0 Å². The first kappa shape index (κ1) is 21.8. The Bertz CT molecular complexity index is 412. The maximum absolute atomic E-state index is 10.7. The summed E-state index contributed by atoms with van der Waals surface area (Å²) in [6, 6.07) is 7.38. The largest absolute Gasteiger partial charge is 1.00 e. The minimum absolute atomic E-state index is 0. The third kappa shape index (κ3) is 5.48. The van der Waals surface area contributed by atoms with Crippen molar-refractivity contribution in [2.24, 2.45) is 5.92 Å². The molecule has 0 heterocycles. The second-order valence-corrected chi connectivity index (χ2v) is 4.59. The molecule has 1 saturated carbocycles. The number of aliphatic carboxylic acids is 1. The van der Waals surface area contributed by atoms with Crippen molar-refractivity contribution < 1.29 is 57.9 Å². The molecule has 0 bridgehead atoms. The molecule has 2 rings (SSSR count). The van der Waals surface area contributed by atoms with Crippen molar-refractivity contribution in [1.82, 2.24) is 0 Å². The smallest absolute Gasteiger partial charge is 0.870 e. The Morgan fingerprint density at radius 1 is 1.05 bits per heavy atom. The van der Waals surface area contributed by atoms with E-state index in [4.69, 9.17) is 0 Å². The van der Waals surface area contributed by atoms with Gasteiger partial charge in [-0.25, -0.2) is 0 Å². The fourth-order valence-electron chi connectivity index (χ4n) is 2.49. The number of carboxylic acids is 1. The summed E-state index contributed by atoms with van der Waals surface area (Å²) in [5, 5.41) is 10.7. The van der Waals surface area contributed by atoms with Crippen LogP contribution in [0.3, 0.4) is 0 Å². The Labute approximate surface area is 143 Å². The van der Waals surface area contributed by atoms with E-state index in [0.717, 1.165) is 12.8 Å². The SMILES string of the molecule is O=[C-]c1ccc(C2CCC(C(=O)[O-])CC2)cc1.[Li+].[Li+].[OH-]. The van der Waals surface area contributed by atoms with Gasteiger partial charge in [-0.3, -0.25) is 0 Å². The van der Waals surface area contributed by atoms with Crippen molar-refractivity contribution in [3.63, 3.8) is 0 Å². The van der Waals surface area contributed by atoms with Crippen molar-refractivity contribution in [3.05, 3.63) is 35.4 Å². The summed E-state index contributed by atoms with van der Waals surface area (Å²) < 4.78 is 0. The maximum atomic E-state index is 10.7. The van der Waals surface area contributed by atoms with Crippen LogP contribution in [0.1, 0.15) is 42.7 Å². The van der Waals surface area contributed by atoms with E-state index in [9.17, 15) is 14.7 Å². The Hall–Kier alpha value is -0.485. The van der Waals surface area contributed by atoms with Gasteiger partial charge in [0.05, 0.1) is 6.29 Å². The number of benzene rings is 1. The Morgan fingerprint density at radius 2 is 1.55 bits per heavy atom. The van der Waals surface area contributed by atoms with Gasteiger partial charge in [0.1, 0.15) is 0 Å². The van der Waals surface area contributed by atoms with E-state index in [-0.39, 0.29) is 49.1 Å². The summed E-state index contributed by atoms with van der Waals surface area (Å²) in [4.78, 5) is 21.1. The van der Waals surface area contributed by atoms with Gasteiger partial charge in [-0.05, 0) is 37.5 Å². The first-order valence-corrected chi connectivity index (χ1v) is 5.89. The van der Waals surface area contributed by atoms with Gasteiger partial charge < -0.3 is 20.2 Å². The second kappa shape index (κ2) is 10.3. The van der Waals surface area contributed by atoms with Crippen molar-refractivity contribution in [3.8, 4) is 0 Å². The van der Waals surface area contributed by atoms with Crippen LogP contribution >= 0.6 is 0 Å². The molecule has 0 radical (unpaired) electrons. The summed E-state index contributed by atoms with van der Waals surface area (Å²) in [5.41, 5.74) is 1.73. The molecule has 1 aliphatic rings. The van der Waals surface area contributed by atoms with E-state index in [1.165, 1.54) is 5.56 Å². The molecule has 1 N–H and O–H groups in total. The van der Waals surface area contributed by atoms with Gasteiger partial charge in [-0.1, -0.05) is 5.56 Å². The van der Waals surface area contributed by atoms with Gasteiger partial charge in [0.2, 0.25) is 0 Å². The molecule has 98 valence electrons. The van der Waals surface area contributed by atoms with Gasteiger partial charge in [0.15, 0.2) is 0 Å². The quantitative estimate of drug-likeness (QED) is 0.402. The first-order valence-electron chi connectivity index (χ1n) is 5.89. The molecular formula is C14H15Li2O4-. The topological polar surface area (TPSA) is 87.2 Å². The van der Waals surface area contributed by atoms with Gasteiger partial charge in [0.25, 0.3) is 0 Å². The van der Waals surface area contributed by atoms with E-state index in [1.807, 2.05) is 18.4 Å². The van der Waals surface area contributed by atoms with Crippen LogP contribution in [0, 0.1) is 5.92 Å². The molecule has 1 aromatic carbocycles. The zero-order chi connectivity index (χ0) is 12.3. The summed E-state index contributed by atoms with van der Waals surface area (Å²) in [6.45, 7) is 0. The molecule has 0 aliphatic heterocycles. The molecule has 0 amide bonds. The normalized spacial score (nSPS) is 20.6. The van der Waals surface area contributed by atoms with Crippen LogP contribution in [-0.4, -0.2) is 17.7 Å². The minimum atomic E-state index is -0.922.